The Balaban J connectivity index is 1.73. The lowest BCUT2D eigenvalue weighted by Crippen LogP contribution is -2.01. The fourth-order valence-corrected chi connectivity index (χ4v) is 4.74. The molecule has 35 heavy (non-hydrogen) atoms. The van der Waals surface area contributed by atoms with Crippen molar-refractivity contribution in [3.8, 4) is 50.8 Å². The third kappa shape index (κ3) is 4.47. The highest BCUT2D eigenvalue weighted by Gasteiger charge is 2.20. The summed E-state index contributed by atoms with van der Waals surface area (Å²) < 4.78 is 2.42. The van der Waals surface area contributed by atoms with E-state index in [9.17, 15) is 0 Å². The predicted octanol–water partition coefficient (Wildman–Crippen LogP) is 8.11. The molecule has 0 aliphatic heterocycles. The van der Waals surface area contributed by atoms with E-state index in [1.165, 1.54) is 39.2 Å². The molecule has 5 aromatic rings. The van der Waals surface area contributed by atoms with Gasteiger partial charge in [0.2, 0.25) is 0 Å². The molecule has 170 valence electrons. The number of hydrogen-bond acceptors (Lipinski definition) is 2. The lowest BCUT2D eigenvalue weighted by Gasteiger charge is -2.16. The molecule has 0 aliphatic rings. The molecule has 4 aromatic carbocycles. The van der Waals surface area contributed by atoms with Crippen molar-refractivity contribution in [2.75, 3.05) is 11.9 Å². The van der Waals surface area contributed by atoms with E-state index in [0.29, 0.717) is 0 Å². The van der Waals surface area contributed by atoms with Crippen molar-refractivity contribution in [3.05, 3.63) is 115 Å². The Morgan fingerprint density at radius 2 is 1.29 bits per heavy atom. The van der Waals surface area contributed by atoms with E-state index in [4.69, 9.17) is 5.26 Å². The summed E-state index contributed by atoms with van der Waals surface area (Å²) in [5, 5.41) is 12.1. The van der Waals surface area contributed by atoms with Gasteiger partial charge in [0.25, 0.3) is 0 Å². The predicted molar refractivity (Wildman–Crippen MR) is 146 cm³/mol. The zero-order valence-electron chi connectivity index (χ0n) is 19.8. The minimum absolute atomic E-state index is 0.282. The van der Waals surface area contributed by atoms with Crippen LogP contribution in [0.1, 0.15) is 6.92 Å². The van der Waals surface area contributed by atoms with E-state index in [0.717, 1.165) is 17.8 Å². The highest BCUT2D eigenvalue weighted by Crippen LogP contribution is 2.42. The van der Waals surface area contributed by atoms with E-state index < -0.39 is 0 Å². The monoisotopic (exact) mass is 453 g/mol. The van der Waals surface area contributed by atoms with Gasteiger partial charge in [-0.3, -0.25) is 0 Å². The number of nitrogens with one attached hydrogen (secondary N) is 1. The van der Waals surface area contributed by atoms with Crippen LogP contribution in [0.15, 0.2) is 115 Å². The van der Waals surface area contributed by atoms with Gasteiger partial charge in [-0.05, 0) is 47.4 Å². The lowest BCUT2D eigenvalue weighted by atomic mass is 9.96. The Labute approximate surface area is 206 Å². The zero-order chi connectivity index (χ0) is 24.0. The number of nitrogens with zero attached hydrogens (tertiary/aromatic N) is 2. The van der Waals surface area contributed by atoms with Gasteiger partial charge in [0.05, 0.1) is 11.8 Å². The normalized spacial score (nSPS) is 10.6. The molecule has 1 aromatic heterocycles. The van der Waals surface area contributed by atoms with Crippen LogP contribution in [0.25, 0.3) is 44.8 Å². The Kier molecular flexibility index (Phi) is 6.46. The van der Waals surface area contributed by atoms with Crippen molar-refractivity contribution in [1.29, 1.82) is 5.26 Å². The summed E-state index contributed by atoms with van der Waals surface area (Å²) in [5.41, 5.74) is 10.5. The molecule has 0 amide bonds. The van der Waals surface area contributed by atoms with Crippen molar-refractivity contribution in [2.24, 2.45) is 0 Å². The topological polar surface area (TPSA) is 40.8 Å². The number of nitriles is 1. The SMILES string of the molecule is CCn1c(-c2ccccc2-c2cccc(NCC#N)c2)cc(-c2ccccc2)c1-c1ccccc1. The first-order chi connectivity index (χ1) is 17.3. The number of benzene rings is 4. The molecule has 5 rings (SSSR count). The Hall–Kier alpha value is -4.55. The molecule has 3 heteroatoms. The number of anilines is 1. The molecule has 0 saturated heterocycles. The van der Waals surface area contributed by atoms with E-state index in [-0.39, 0.29) is 6.54 Å². The van der Waals surface area contributed by atoms with Crippen LogP contribution >= 0.6 is 0 Å². The second kappa shape index (κ2) is 10.2. The summed E-state index contributed by atoms with van der Waals surface area (Å²) in [7, 11) is 0. The molecule has 0 bridgehead atoms. The highest BCUT2D eigenvalue weighted by molar-refractivity contribution is 5.91. The molecule has 3 nitrogen and oxygen atoms in total. The maximum Gasteiger partial charge on any atom is 0.103 e. The summed E-state index contributed by atoms with van der Waals surface area (Å²) in [4.78, 5) is 0. The molecule has 0 saturated carbocycles. The van der Waals surface area contributed by atoms with Gasteiger partial charge in [0, 0.05) is 29.1 Å². The molecule has 1 N–H and O–H groups in total. The van der Waals surface area contributed by atoms with Crippen molar-refractivity contribution < 1.29 is 0 Å². The van der Waals surface area contributed by atoms with Crippen molar-refractivity contribution in [1.82, 2.24) is 4.57 Å². The summed E-state index contributed by atoms with van der Waals surface area (Å²) in [6.45, 7) is 3.34. The van der Waals surface area contributed by atoms with Crippen LogP contribution < -0.4 is 5.32 Å². The van der Waals surface area contributed by atoms with Crippen LogP contribution in [0.3, 0.4) is 0 Å². The minimum atomic E-state index is 0.282. The van der Waals surface area contributed by atoms with Gasteiger partial charge in [0.1, 0.15) is 6.54 Å². The standard InChI is InChI=1S/C32H27N3/c1-2-35-31(23-30(24-12-5-3-6-13-24)32(35)25-14-7-4-8-15-25)29-19-10-9-18-28(29)26-16-11-17-27(22-26)34-21-20-33/h3-19,22-23,34H,2,21H2,1H3. The fraction of sp³-hybridized carbons (Fsp3) is 0.0938. The van der Waals surface area contributed by atoms with E-state index in [1.807, 2.05) is 12.1 Å². The maximum absolute atomic E-state index is 8.97. The first-order valence-corrected chi connectivity index (χ1v) is 11.9. The Morgan fingerprint density at radius 1 is 0.657 bits per heavy atom. The average molecular weight is 454 g/mol. The maximum atomic E-state index is 8.97. The van der Waals surface area contributed by atoms with Gasteiger partial charge in [0.15, 0.2) is 0 Å². The van der Waals surface area contributed by atoms with Crippen molar-refractivity contribution >= 4 is 5.69 Å². The summed E-state index contributed by atoms with van der Waals surface area (Å²) in [6, 6.07) is 42.6. The lowest BCUT2D eigenvalue weighted by molar-refractivity contribution is 0.785. The summed E-state index contributed by atoms with van der Waals surface area (Å²) >= 11 is 0. The van der Waals surface area contributed by atoms with Gasteiger partial charge in [-0.15, -0.1) is 0 Å². The van der Waals surface area contributed by atoms with Gasteiger partial charge in [-0.2, -0.15) is 5.26 Å². The molecule has 0 atom stereocenters. The third-order valence-corrected chi connectivity index (χ3v) is 6.29. The van der Waals surface area contributed by atoms with Gasteiger partial charge in [-0.1, -0.05) is 97.1 Å². The van der Waals surface area contributed by atoms with Crippen LogP contribution in [0.4, 0.5) is 5.69 Å². The quantitative estimate of drug-likeness (QED) is 0.253. The summed E-state index contributed by atoms with van der Waals surface area (Å²) in [6.07, 6.45) is 0. The van der Waals surface area contributed by atoms with E-state index >= 15 is 0 Å². The van der Waals surface area contributed by atoms with Crippen molar-refractivity contribution in [3.63, 3.8) is 0 Å². The second-order valence-corrected chi connectivity index (χ2v) is 8.41. The first kappa shape index (κ1) is 22.3. The third-order valence-electron chi connectivity index (χ3n) is 6.29. The van der Waals surface area contributed by atoms with E-state index in [2.05, 4.69) is 126 Å². The van der Waals surface area contributed by atoms with Gasteiger partial charge < -0.3 is 9.88 Å². The van der Waals surface area contributed by atoms with Crippen LogP contribution in [0.2, 0.25) is 0 Å². The molecule has 1 heterocycles. The van der Waals surface area contributed by atoms with Crippen LogP contribution in [-0.2, 0) is 6.54 Å². The molecular weight excluding hydrogens is 426 g/mol. The van der Waals surface area contributed by atoms with E-state index in [1.54, 1.807) is 0 Å². The Morgan fingerprint density at radius 3 is 1.97 bits per heavy atom. The number of hydrogen-bond donors (Lipinski definition) is 1. The van der Waals surface area contributed by atoms with Crippen LogP contribution in [-0.4, -0.2) is 11.1 Å². The fourth-order valence-electron chi connectivity index (χ4n) is 4.74. The van der Waals surface area contributed by atoms with Gasteiger partial charge >= 0.3 is 0 Å². The summed E-state index contributed by atoms with van der Waals surface area (Å²) in [5.74, 6) is 0. The number of rotatable bonds is 7. The molecule has 0 spiro atoms. The highest BCUT2D eigenvalue weighted by atomic mass is 15.0. The average Bonchev–Trinajstić information content (AvgIpc) is 3.32. The van der Waals surface area contributed by atoms with Crippen LogP contribution in [0, 0.1) is 11.3 Å². The molecule has 0 aliphatic carbocycles. The molecule has 0 radical (unpaired) electrons. The zero-order valence-corrected chi connectivity index (χ0v) is 19.8. The minimum Gasteiger partial charge on any atom is -0.372 e. The first-order valence-electron chi connectivity index (χ1n) is 11.9. The van der Waals surface area contributed by atoms with Crippen LogP contribution in [0.5, 0.6) is 0 Å². The smallest absolute Gasteiger partial charge is 0.103 e. The molecular formula is C32H27N3. The van der Waals surface area contributed by atoms with Crippen molar-refractivity contribution in [2.45, 2.75) is 13.5 Å². The molecule has 0 unspecified atom stereocenters. The Bertz CT molecular complexity index is 1470. The number of aromatic nitrogens is 1. The van der Waals surface area contributed by atoms with Gasteiger partial charge in [-0.25, -0.2) is 0 Å². The molecule has 0 fully saturated rings. The second-order valence-electron chi connectivity index (χ2n) is 8.41. The largest absolute Gasteiger partial charge is 0.372 e.